The molecule has 0 aliphatic carbocycles. The Bertz CT molecular complexity index is 1440. The van der Waals surface area contributed by atoms with Crippen molar-refractivity contribution < 1.29 is 19.1 Å². The smallest absolute Gasteiger partial charge is 0.301 e. The molecule has 33 heavy (non-hydrogen) atoms. The summed E-state index contributed by atoms with van der Waals surface area (Å²) in [5, 5.41) is 11.4. The van der Waals surface area contributed by atoms with Gasteiger partial charge in [-0.15, -0.1) is 0 Å². The fraction of sp³-hybridized carbons (Fsp3) is 0.115. The van der Waals surface area contributed by atoms with Crippen molar-refractivity contribution >= 4 is 44.1 Å². The van der Waals surface area contributed by atoms with Crippen LogP contribution in [0.2, 0.25) is 0 Å². The molecule has 1 amide bonds. The number of nitrogens with zero attached hydrogens (tertiary/aromatic N) is 2. The summed E-state index contributed by atoms with van der Waals surface area (Å²) in [7, 11) is 0. The maximum Gasteiger partial charge on any atom is 0.301 e. The number of rotatable bonds is 3. The molecule has 7 heteroatoms. The molecule has 2 heterocycles. The van der Waals surface area contributed by atoms with Gasteiger partial charge in [0.15, 0.2) is 5.13 Å². The SMILES string of the molecule is Cc1cc(C)c2nc(N3C(=O)C(=O)/C(=C(/O)c4ccc(F)cc4)C3c3ccccc3)sc2c1. The molecule has 0 saturated carbocycles. The van der Waals surface area contributed by atoms with Gasteiger partial charge in [-0.2, -0.15) is 0 Å². The maximum atomic E-state index is 13.4. The number of amides is 1. The Balaban J connectivity index is 1.73. The number of Topliss-reactive ketones (excluding diaryl/α,β-unsaturated/α-hetero) is 1. The molecule has 3 aromatic carbocycles. The molecule has 0 spiro atoms. The van der Waals surface area contributed by atoms with Crippen LogP contribution >= 0.6 is 11.3 Å². The van der Waals surface area contributed by atoms with Gasteiger partial charge in [0.2, 0.25) is 0 Å². The normalized spacial score (nSPS) is 17.8. The van der Waals surface area contributed by atoms with Gasteiger partial charge in [0, 0.05) is 5.56 Å². The zero-order valence-electron chi connectivity index (χ0n) is 17.9. The Hall–Kier alpha value is -3.84. The van der Waals surface area contributed by atoms with Gasteiger partial charge in [-0.25, -0.2) is 9.37 Å². The van der Waals surface area contributed by atoms with Gasteiger partial charge in [-0.1, -0.05) is 47.7 Å². The highest BCUT2D eigenvalue weighted by atomic mass is 32.1. The number of aryl methyl sites for hydroxylation is 2. The minimum atomic E-state index is -0.863. The van der Waals surface area contributed by atoms with Crippen molar-refractivity contribution in [2.24, 2.45) is 0 Å². The Morgan fingerprint density at radius 1 is 1.03 bits per heavy atom. The quantitative estimate of drug-likeness (QED) is 0.244. The molecule has 1 fully saturated rings. The number of benzene rings is 3. The number of carbonyl (C=O) groups is 2. The molecule has 0 bridgehead atoms. The highest BCUT2D eigenvalue weighted by Crippen LogP contribution is 2.44. The van der Waals surface area contributed by atoms with Crippen LogP contribution in [0.3, 0.4) is 0 Å². The van der Waals surface area contributed by atoms with Crippen molar-refractivity contribution in [1.29, 1.82) is 0 Å². The first kappa shape index (κ1) is 21.0. The fourth-order valence-electron chi connectivity index (χ4n) is 4.21. The van der Waals surface area contributed by atoms with E-state index in [2.05, 4.69) is 0 Å². The highest BCUT2D eigenvalue weighted by molar-refractivity contribution is 7.22. The number of anilines is 1. The summed E-state index contributed by atoms with van der Waals surface area (Å²) < 4.78 is 14.3. The van der Waals surface area contributed by atoms with Crippen LogP contribution in [0, 0.1) is 19.7 Å². The maximum absolute atomic E-state index is 13.4. The first-order valence-electron chi connectivity index (χ1n) is 10.3. The van der Waals surface area contributed by atoms with Gasteiger partial charge < -0.3 is 5.11 Å². The molecule has 1 aliphatic heterocycles. The van der Waals surface area contributed by atoms with E-state index in [0.717, 1.165) is 21.3 Å². The first-order valence-corrected chi connectivity index (χ1v) is 11.2. The van der Waals surface area contributed by atoms with E-state index in [1.807, 2.05) is 32.0 Å². The summed E-state index contributed by atoms with van der Waals surface area (Å²) in [6, 6.07) is 17.3. The molecule has 5 rings (SSSR count). The number of hydrogen-bond acceptors (Lipinski definition) is 5. The number of aliphatic hydroxyl groups is 1. The Morgan fingerprint density at radius 3 is 2.42 bits per heavy atom. The molecule has 5 nitrogen and oxygen atoms in total. The zero-order chi connectivity index (χ0) is 23.3. The number of fused-ring (bicyclic) bond motifs is 1. The second-order valence-electron chi connectivity index (χ2n) is 8.01. The highest BCUT2D eigenvalue weighted by Gasteiger charge is 2.48. The Morgan fingerprint density at radius 2 is 1.73 bits per heavy atom. The lowest BCUT2D eigenvalue weighted by Gasteiger charge is -2.22. The monoisotopic (exact) mass is 458 g/mol. The van der Waals surface area contributed by atoms with E-state index in [4.69, 9.17) is 4.98 Å². The predicted octanol–water partition coefficient (Wildman–Crippen LogP) is 5.68. The average Bonchev–Trinajstić information content (AvgIpc) is 3.33. The van der Waals surface area contributed by atoms with E-state index >= 15 is 0 Å². The number of aromatic nitrogens is 1. The van der Waals surface area contributed by atoms with E-state index in [-0.39, 0.29) is 16.9 Å². The van der Waals surface area contributed by atoms with Crippen LogP contribution in [0.25, 0.3) is 16.0 Å². The molecule has 1 saturated heterocycles. The van der Waals surface area contributed by atoms with E-state index < -0.39 is 23.5 Å². The number of halogens is 1. The third-order valence-electron chi connectivity index (χ3n) is 5.70. The van der Waals surface area contributed by atoms with Crippen LogP contribution in [0.4, 0.5) is 9.52 Å². The molecule has 0 radical (unpaired) electrons. The van der Waals surface area contributed by atoms with Gasteiger partial charge in [-0.05, 0) is 60.9 Å². The molecule has 164 valence electrons. The van der Waals surface area contributed by atoms with Gasteiger partial charge in [0.1, 0.15) is 11.6 Å². The van der Waals surface area contributed by atoms with E-state index in [0.29, 0.717) is 10.7 Å². The van der Waals surface area contributed by atoms with E-state index in [1.165, 1.54) is 40.5 Å². The van der Waals surface area contributed by atoms with Crippen molar-refractivity contribution in [1.82, 2.24) is 4.98 Å². The first-order chi connectivity index (χ1) is 15.8. The zero-order valence-corrected chi connectivity index (χ0v) is 18.7. The molecule has 1 aromatic heterocycles. The molecule has 1 N–H and O–H groups in total. The van der Waals surface area contributed by atoms with Crippen molar-refractivity contribution in [3.8, 4) is 0 Å². The minimum Gasteiger partial charge on any atom is -0.507 e. The molecular formula is C26H19FN2O3S. The Labute approximate surface area is 193 Å². The van der Waals surface area contributed by atoms with Gasteiger partial charge in [-0.3, -0.25) is 14.5 Å². The minimum absolute atomic E-state index is 0.0510. The molecule has 1 atom stereocenters. The fourth-order valence-corrected chi connectivity index (χ4v) is 5.37. The van der Waals surface area contributed by atoms with Crippen LogP contribution in [0.15, 0.2) is 72.3 Å². The predicted molar refractivity (Wildman–Crippen MR) is 127 cm³/mol. The molecule has 1 aliphatic rings. The summed E-state index contributed by atoms with van der Waals surface area (Å²) in [6.45, 7) is 3.95. The van der Waals surface area contributed by atoms with Crippen molar-refractivity contribution in [2.45, 2.75) is 19.9 Å². The Kier molecular flexibility index (Phi) is 5.06. The van der Waals surface area contributed by atoms with Crippen LogP contribution in [-0.2, 0) is 9.59 Å². The summed E-state index contributed by atoms with van der Waals surface area (Å²) in [6.07, 6.45) is 0. The molecule has 1 unspecified atom stereocenters. The second-order valence-corrected chi connectivity index (χ2v) is 9.02. The summed E-state index contributed by atoms with van der Waals surface area (Å²) in [5.41, 5.74) is 3.69. The van der Waals surface area contributed by atoms with E-state index in [1.54, 1.807) is 24.3 Å². The topological polar surface area (TPSA) is 70.5 Å². The van der Waals surface area contributed by atoms with Crippen molar-refractivity contribution in [3.05, 3.63) is 100 Å². The lowest BCUT2D eigenvalue weighted by Crippen LogP contribution is -2.29. The lowest BCUT2D eigenvalue weighted by molar-refractivity contribution is -0.132. The van der Waals surface area contributed by atoms with E-state index in [9.17, 15) is 19.1 Å². The van der Waals surface area contributed by atoms with Crippen LogP contribution in [-0.4, -0.2) is 21.8 Å². The van der Waals surface area contributed by atoms with Gasteiger partial charge in [0.25, 0.3) is 5.78 Å². The standard InChI is InChI=1S/C26H19FN2O3S/c1-14-12-15(2)21-19(13-14)33-26(28-21)29-22(16-6-4-3-5-7-16)20(24(31)25(29)32)23(30)17-8-10-18(27)11-9-17/h3-13,22,30H,1-2H3/b23-20+. The number of aliphatic hydroxyl groups excluding tert-OH is 1. The van der Waals surface area contributed by atoms with Crippen LogP contribution in [0.1, 0.15) is 28.3 Å². The summed E-state index contributed by atoms with van der Waals surface area (Å²) in [5.74, 6) is -2.39. The van der Waals surface area contributed by atoms with Crippen LogP contribution in [0.5, 0.6) is 0 Å². The van der Waals surface area contributed by atoms with Crippen molar-refractivity contribution in [3.63, 3.8) is 0 Å². The average molecular weight is 459 g/mol. The lowest BCUT2D eigenvalue weighted by atomic mass is 9.95. The van der Waals surface area contributed by atoms with Gasteiger partial charge in [0.05, 0.1) is 21.8 Å². The molecular weight excluding hydrogens is 439 g/mol. The van der Waals surface area contributed by atoms with Gasteiger partial charge >= 0.3 is 5.91 Å². The second kappa shape index (κ2) is 7.94. The third-order valence-corrected chi connectivity index (χ3v) is 6.70. The number of ketones is 1. The largest absolute Gasteiger partial charge is 0.507 e. The number of carbonyl (C=O) groups excluding carboxylic acids is 2. The molecule has 4 aromatic rings. The van der Waals surface area contributed by atoms with Crippen LogP contribution < -0.4 is 4.90 Å². The number of thiazole rings is 1. The summed E-state index contributed by atoms with van der Waals surface area (Å²) in [4.78, 5) is 32.5. The number of hydrogen-bond donors (Lipinski definition) is 1. The summed E-state index contributed by atoms with van der Waals surface area (Å²) >= 11 is 1.33. The third kappa shape index (κ3) is 3.50. The van der Waals surface area contributed by atoms with Crippen molar-refractivity contribution in [2.75, 3.05) is 4.90 Å².